The van der Waals surface area contributed by atoms with Gasteiger partial charge in [-0.15, -0.1) is 0 Å². The van der Waals surface area contributed by atoms with E-state index in [9.17, 15) is 14.0 Å². The first-order chi connectivity index (χ1) is 14.6. The maximum Gasteiger partial charge on any atom is 0.257 e. The van der Waals surface area contributed by atoms with Crippen LogP contribution in [-0.2, 0) is 17.6 Å². The van der Waals surface area contributed by atoms with Crippen LogP contribution in [0.5, 0.6) is 0 Å². The number of halogens is 1. The Hall–Kier alpha value is -2.15. The summed E-state index contributed by atoms with van der Waals surface area (Å²) in [7, 11) is 0. The number of carbonyl (C=O) groups excluding carboxylic acids is 1. The minimum absolute atomic E-state index is 0.0651. The molecule has 2 atom stereocenters. The molecule has 1 amide bonds. The molecule has 0 radical (unpaired) electrons. The number of hydrogen-bond donors (Lipinski definition) is 0. The average Bonchev–Trinajstić information content (AvgIpc) is 3.29. The Balaban J connectivity index is 1.32. The van der Waals surface area contributed by atoms with Crippen LogP contribution >= 0.6 is 11.8 Å². The van der Waals surface area contributed by atoms with Crippen LogP contribution in [0.2, 0.25) is 0 Å². The van der Waals surface area contributed by atoms with E-state index in [2.05, 4.69) is 0 Å². The van der Waals surface area contributed by atoms with E-state index in [1.807, 2.05) is 17.0 Å². The molecule has 1 aromatic heterocycles. The topological polar surface area (TPSA) is 55.2 Å². The third-order valence-corrected chi connectivity index (χ3v) is 7.75. The third kappa shape index (κ3) is 3.68. The zero-order valence-corrected chi connectivity index (χ0v) is 17.8. The van der Waals surface area contributed by atoms with Crippen LogP contribution in [0.3, 0.4) is 0 Å². The number of amides is 1. The lowest BCUT2D eigenvalue weighted by molar-refractivity contribution is -0.132. The molecule has 0 unspecified atom stereocenters. The van der Waals surface area contributed by atoms with E-state index >= 15 is 0 Å². The van der Waals surface area contributed by atoms with Gasteiger partial charge in [-0.2, -0.15) is 0 Å². The van der Waals surface area contributed by atoms with Crippen molar-refractivity contribution in [3.05, 3.63) is 57.3 Å². The number of nitrogens with zero attached hydrogens (tertiary/aromatic N) is 3. The number of thioether (sulfide) groups is 1. The van der Waals surface area contributed by atoms with Crippen molar-refractivity contribution in [1.29, 1.82) is 0 Å². The lowest BCUT2D eigenvalue weighted by Gasteiger charge is -2.26. The summed E-state index contributed by atoms with van der Waals surface area (Å²) in [6, 6.07) is 6.55. The van der Waals surface area contributed by atoms with Gasteiger partial charge in [-0.3, -0.25) is 14.2 Å². The molecule has 2 aliphatic heterocycles. The smallest absolute Gasteiger partial charge is 0.257 e. The van der Waals surface area contributed by atoms with Crippen molar-refractivity contribution in [1.82, 2.24) is 14.5 Å². The molecule has 0 spiro atoms. The van der Waals surface area contributed by atoms with Crippen molar-refractivity contribution in [3.8, 4) is 0 Å². The van der Waals surface area contributed by atoms with Crippen LogP contribution in [0.4, 0.5) is 4.39 Å². The van der Waals surface area contributed by atoms with Gasteiger partial charge in [0.2, 0.25) is 5.91 Å². The van der Waals surface area contributed by atoms with Gasteiger partial charge in [0.05, 0.1) is 11.7 Å². The fourth-order valence-electron chi connectivity index (χ4n) is 5.01. The zero-order chi connectivity index (χ0) is 20.7. The molecule has 5 rings (SSSR count). The summed E-state index contributed by atoms with van der Waals surface area (Å²) in [6.07, 6.45) is 6.08. The molecule has 158 valence electrons. The number of aryl methyl sites for hydroxylation is 1. The predicted octanol–water partition coefficient (Wildman–Crippen LogP) is 3.70. The van der Waals surface area contributed by atoms with Gasteiger partial charge in [0, 0.05) is 36.7 Å². The van der Waals surface area contributed by atoms with Gasteiger partial charge in [0.1, 0.15) is 5.82 Å². The predicted molar refractivity (Wildman–Crippen MR) is 114 cm³/mol. The monoisotopic (exact) mass is 427 g/mol. The molecule has 0 bridgehead atoms. The second-order valence-corrected chi connectivity index (χ2v) is 9.59. The Morgan fingerprint density at radius 1 is 1.17 bits per heavy atom. The van der Waals surface area contributed by atoms with Crippen molar-refractivity contribution < 1.29 is 9.18 Å². The van der Waals surface area contributed by atoms with E-state index in [1.165, 1.54) is 12.1 Å². The van der Waals surface area contributed by atoms with Gasteiger partial charge in [0.25, 0.3) is 5.56 Å². The summed E-state index contributed by atoms with van der Waals surface area (Å²) in [5.41, 5.74) is 2.97. The molecule has 3 aliphatic rings. The third-order valence-electron chi connectivity index (χ3n) is 6.65. The van der Waals surface area contributed by atoms with Crippen LogP contribution in [-0.4, -0.2) is 39.2 Å². The zero-order valence-electron chi connectivity index (χ0n) is 17.0. The maximum atomic E-state index is 13.3. The Morgan fingerprint density at radius 3 is 2.83 bits per heavy atom. The van der Waals surface area contributed by atoms with Crippen LogP contribution in [0.1, 0.15) is 60.9 Å². The van der Waals surface area contributed by atoms with E-state index < -0.39 is 0 Å². The SMILES string of the molecule is O=C(C[C@H]1CSc2nc3c(c(=O)n21)CCC3)N1CCCC[C@@H](c2ccc(F)cc2)C1. The average molecular weight is 428 g/mol. The molecular weight excluding hydrogens is 401 g/mol. The van der Waals surface area contributed by atoms with Crippen LogP contribution in [0.25, 0.3) is 0 Å². The van der Waals surface area contributed by atoms with Crippen LogP contribution in [0.15, 0.2) is 34.2 Å². The fraction of sp³-hybridized carbons (Fsp3) is 0.522. The van der Waals surface area contributed by atoms with Crippen LogP contribution in [0, 0.1) is 5.82 Å². The minimum Gasteiger partial charge on any atom is -0.342 e. The molecule has 0 N–H and O–H groups in total. The molecule has 3 heterocycles. The summed E-state index contributed by atoms with van der Waals surface area (Å²) in [5, 5.41) is 0.776. The summed E-state index contributed by atoms with van der Waals surface area (Å²) in [6.45, 7) is 1.41. The number of aromatic nitrogens is 2. The van der Waals surface area contributed by atoms with Gasteiger partial charge < -0.3 is 4.90 Å². The highest BCUT2D eigenvalue weighted by atomic mass is 32.2. The molecule has 1 aromatic carbocycles. The number of fused-ring (bicyclic) bond motifs is 2. The molecule has 7 heteroatoms. The Labute approximate surface area is 179 Å². The molecule has 1 fully saturated rings. The number of hydrogen-bond acceptors (Lipinski definition) is 4. The highest BCUT2D eigenvalue weighted by Gasteiger charge is 2.33. The second kappa shape index (κ2) is 8.17. The molecule has 1 saturated heterocycles. The second-order valence-electron chi connectivity index (χ2n) is 8.60. The Bertz CT molecular complexity index is 1020. The summed E-state index contributed by atoms with van der Waals surface area (Å²) in [4.78, 5) is 32.9. The maximum absolute atomic E-state index is 13.3. The molecule has 1 aliphatic carbocycles. The fourth-order valence-corrected chi connectivity index (χ4v) is 6.16. The largest absolute Gasteiger partial charge is 0.342 e. The van der Waals surface area contributed by atoms with Gasteiger partial charge in [-0.25, -0.2) is 9.37 Å². The number of rotatable bonds is 3. The van der Waals surface area contributed by atoms with Gasteiger partial charge in [-0.05, 0) is 49.8 Å². The van der Waals surface area contributed by atoms with Gasteiger partial charge in [-0.1, -0.05) is 30.3 Å². The van der Waals surface area contributed by atoms with Crippen molar-refractivity contribution >= 4 is 17.7 Å². The lowest BCUT2D eigenvalue weighted by Crippen LogP contribution is -2.37. The molecule has 5 nitrogen and oxygen atoms in total. The first-order valence-corrected chi connectivity index (χ1v) is 11.9. The number of benzene rings is 1. The number of carbonyl (C=O) groups is 1. The van der Waals surface area contributed by atoms with E-state index in [0.717, 1.165) is 72.8 Å². The quantitative estimate of drug-likeness (QED) is 0.701. The van der Waals surface area contributed by atoms with E-state index in [0.29, 0.717) is 13.0 Å². The van der Waals surface area contributed by atoms with Gasteiger partial charge in [0.15, 0.2) is 5.16 Å². The first kappa shape index (κ1) is 19.8. The molecular formula is C23H26FN3O2S. The highest BCUT2D eigenvalue weighted by Crippen LogP contribution is 2.35. The van der Waals surface area contributed by atoms with Crippen molar-refractivity contribution in [3.63, 3.8) is 0 Å². The summed E-state index contributed by atoms with van der Waals surface area (Å²) in [5.74, 6) is 0.833. The van der Waals surface area contributed by atoms with E-state index in [1.54, 1.807) is 16.3 Å². The van der Waals surface area contributed by atoms with E-state index in [4.69, 9.17) is 4.98 Å². The highest BCUT2D eigenvalue weighted by molar-refractivity contribution is 7.99. The first-order valence-electron chi connectivity index (χ1n) is 10.9. The van der Waals surface area contributed by atoms with Crippen molar-refractivity contribution in [2.24, 2.45) is 0 Å². The Kier molecular flexibility index (Phi) is 5.39. The van der Waals surface area contributed by atoms with Crippen LogP contribution < -0.4 is 5.56 Å². The van der Waals surface area contributed by atoms with E-state index in [-0.39, 0.29) is 29.2 Å². The molecule has 0 saturated carbocycles. The van der Waals surface area contributed by atoms with Crippen molar-refractivity contribution in [2.45, 2.75) is 62.1 Å². The lowest BCUT2D eigenvalue weighted by atomic mass is 9.94. The normalized spacial score (nSPS) is 23.2. The minimum atomic E-state index is -0.233. The standard InChI is InChI=1S/C23H26FN3O2S/c24-17-9-7-15(8-10-17)16-4-1-2-11-26(13-16)21(28)12-18-14-30-23-25-20-6-3-5-19(20)22(29)27(18)23/h7-10,16,18H,1-6,11-14H2/t16-,18+/m1/s1. The molecule has 30 heavy (non-hydrogen) atoms. The molecule has 2 aromatic rings. The number of likely N-dealkylation sites (tertiary alicyclic amines) is 1. The van der Waals surface area contributed by atoms with Crippen molar-refractivity contribution in [2.75, 3.05) is 18.8 Å². The summed E-state index contributed by atoms with van der Waals surface area (Å²) >= 11 is 1.59. The summed E-state index contributed by atoms with van der Waals surface area (Å²) < 4.78 is 15.1. The van der Waals surface area contributed by atoms with Gasteiger partial charge >= 0.3 is 0 Å². The Morgan fingerprint density at radius 2 is 2.00 bits per heavy atom.